The molecule has 2 heterocycles. The Bertz CT molecular complexity index is 464. The predicted octanol–water partition coefficient (Wildman–Crippen LogP) is 1.81. The van der Waals surface area contributed by atoms with Gasteiger partial charge < -0.3 is 5.73 Å². The third kappa shape index (κ3) is 1.56. The third-order valence-corrected chi connectivity index (χ3v) is 2.07. The van der Waals surface area contributed by atoms with Crippen molar-refractivity contribution in [3.8, 4) is 5.82 Å². The molecule has 0 aliphatic rings. The maximum atomic E-state index is 5.84. The average molecular weight is 209 g/mol. The van der Waals surface area contributed by atoms with Crippen molar-refractivity contribution in [2.24, 2.45) is 0 Å². The van der Waals surface area contributed by atoms with Crippen LogP contribution in [0.3, 0.4) is 0 Å². The highest BCUT2D eigenvalue weighted by molar-refractivity contribution is 6.30. The van der Waals surface area contributed by atoms with Gasteiger partial charge in [0.25, 0.3) is 0 Å². The molecule has 0 saturated heterocycles. The van der Waals surface area contributed by atoms with Gasteiger partial charge in [0.1, 0.15) is 5.82 Å². The summed E-state index contributed by atoms with van der Waals surface area (Å²) >= 11 is 5.84. The lowest BCUT2D eigenvalue weighted by Crippen LogP contribution is -2.01. The van der Waals surface area contributed by atoms with E-state index in [1.54, 1.807) is 29.1 Å². The number of hydrogen-bond donors (Lipinski definition) is 1. The van der Waals surface area contributed by atoms with Gasteiger partial charge in [-0.3, -0.25) is 0 Å². The van der Waals surface area contributed by atoms with Crippen LogP contribution < -0.4 is 5.73 Å². The Morgan fingerprint density at radius 2 is 2.21 bits per heavy atom. The van der Waals surface area contributed by atoms with E-state index in [2.05, 4.69) is 10.1 Å². The molecule has 0 aliphatic heterocycles. The maximum absolute atomic E-state index is 5.84. The molecule has 0 saturated carbocycles. The molecule has 0 radical (unpaired) electrons. The Hall–Kier alpha value is -1.55. The van der Waals surface area contributed by atoms with E-state index < -0.39 is 0 Å². The van der Waals surface area contributed by atoms with Crippen LogP contribution in [0.15, 0.2) is 24.4 Å². The molecule has 0 amide bonds. The first kappa shape index (κ1) is 9.02. The largest absolute Gasteiger partial charge is 0.382 e. The van der Waals surface area contributed by atoms with E-state index in [1.165, 1.54) is 0 Å². The number of nitrogens with zero attached hydrogens (tertiary/aromatic N) is 3. The van der Waals surface area contributed by atoms with E-state index in [0.29, 0.717) is 16.7 Å². The highest BCUT2D eigenvalue weighted by Gasteiger charge is 2.04. The van der Waals surface area contributed by atoms with Crippen LogP contribution in [0.1, 0.15) is 5.69 Å². The lowest BCUT2D eigenvalue weighted by atomic mass is 10.4. The van der Waals surface area contributed by atoms with E-state index in [4.69, 9.17) is 17.3 Å². The molecule has 0 unspecified atom stereocenters. The zero-order valence-electron chi connectivity index (χ0n) is 7.61. The van der Waals surface area contributed by atoms with Crippen molar-refractivity contribution in [1.29, 1.82) is 0 Å². The molecule has 5 heteroatoms. The molecule has 2 rings (SSSR count). The second-order valence-electron chi connectivity index (χ2n) is 2.95. The lowest BCUT2D eigenvalue weighted by molar-refractivity contribution is 0.821. The van der Waals surface area contributed by atoms with Crippen molar-refractivity contribution in [2.75, 3.05) is 5.73 Å². The highest BCUT2D eigenvalue weighted by Crippen LogP contribution is 2.14. The quantitative estimate of drug-likeness (QED) is 0.778. The van der Waals surface area contributed by atoms with E-state index in [9.17, 15) is 0 Å². The first-order chi connectivity index (χ1) is 6.66. The Morgan fingerprint density at radius 1 is 1.43 bits per heavy atom. The molecule has 2 N–H and O–H groups in total. The van der Waals surface area contributed by atoms with E-state index in [-0.39, 0.29) is 0 Å². The van der Waals surface area contributed by atoms with Crippen LogP contribution in [-0.2, 0) is 0 Å². The Balaban J connectivity index is 2.54. The zero-order valence-corrected chi connectivity index (χ0v) is 8.36. The standard InChI is InChI=1S/C9H9ClN4/c1-6-4-8(11)13-14(6)9-5-7(10)2-3-12-9/h2-5H,1H3,(H2,11,13). The van der Waals surface area contributed by atoms with Crippen molar-refractivity contribution in [3.63, 3.8) is 0 Å². The summed E-state index contributed by atoms with van der Waals surface area (Å²) in [5.41, 5.74) is 6.49. The van der Waals surface area contributed by atoms with Crippen LogP contribution in [0, 0.1) is 6.92 Å². The summed E-state index contributed by atoms with van der Waals surface area (Å²) in [4.78, 5) is 4.14. The Morgan fingerprint density at radius 3 is 2.79 bits per heavy atom. The number of nitrogens with two attached hydrogens (primary N) is 1. The number of hydrogen-bond acceptors (Lipinski definition) is 3. The van der Waals surface area contributed by atoms with Gasteiger partial charge in [0.15, 0.2) is 5.82 Å². The SMILES string of the molecule is Cc1cc(N)nn1-c1cc(Cl)ccn1. The van der Waals surface area contributed by atoms with Crippen molar-refractivity contribution in [1.82, 2.24) is 14.8 Å². The van der Waals surface area contributed by atoms with E-state index in [1.807, 2.05) is 6.92 Å². The van der Waals surface area contributed by atoms with Crippen molar-refractivity contribution >= 4 is 17.4 Å². The number of pyridine rings is 1. The van der Waals surface area contributed by atoms with Gasteiger partial charge in [0.05, 0.1) is 0 Å². The molecule has 0 bridgehead atoms. The summed E-state index contributed by atoms with van der Waals surface area (Å²) in [6, 6.07) is 5.23. The molecular formula is C9H9ClN4. The molecule has 14 heavy (non-hydrogen) atoms. The van der Waals surface area contributed by atoms with Crippen LogP contribution in [0.5, 0.6) is 0 Å². The normalized spacial score (nSPS) is 10.4. The van der Waals surface area contributed by atoms with Gasteiger partial charge in [-0.15, -0.1) is 5.10 Å². The number of halogens is 1. The van der Waals surface area contributed by atoms with Crippen LogP contribution in [0.25, 0.3) is 5.82 Å². The fourth-order valence-electron chi connectivity index (χ4n) is 1.24. The van der Waals surface area contributed by atoms with Crippen molar-refractivity contribution in [2.45, 2.75) is 6.92 Å². The number of aryl methyl sites for hydroxylation is 1. The molecule has 0 atom stereocenters. The molecule has 72 valence electrons. The van der Waals surface area contributed by atoms with Gasteiger partial charge >= 0.3 is 0 Å². The monoisotopic (exact) mass is 208 g/mol. The second kappa shape index (κ2) is 3.31. The lowest BCUT2D eigenvalue weighted by Gasteiger charge is -2.02. The molecule has 4 nitrogen and oxygen atoms in total. The van der Waals surface area contributed by atoms with E-state index in [0.717, 1.165) is 5.69 Å². The molecule has 2 aromatic rings. The number of rotatable bonds is 1. The van der Waals surface area contributed by atoms with Gasteiger partial charge in [0.2, 0.25) is 0 Å². The van der Waals surface area contributed by atoms with Gasteiger partial charge in [-0.1, -0.05) is 11.6 Å². The summed E-state index contributed by atoms with van der Waals surface area (Å²) in [6.45, 7) is 1.91. The van der Waals surface area contributed by atoms with E-state index >= 15 is 0 Å². The second-order valence-corrected chi connectivity index (χ2v) is 3.39. The Kier molecular flexibility index (Phi) is 2.13. The molecule has 0 spiro atoms. The van der Waals surface area contributed by atoms with Crippen LogP contribution >= 0.6 is 11.6 Å². The summed E-state index contributed by atoms with van der Waals surface area (Å²) in [5, 5.41) is 4.72. The fourth-order valence-corrected chi connectivity index (χ4v) is 1.39. The average Bonchev–Trinajstić information content (AvgIpc) is 2.45. The van der Waals surface area contributed by atoms with Gasteiger partial charge in [-0.05, 0) is 13.0 Å². The minimum Gasteiger partial charge on any atom is -0.382 e. The molecular weight excluding hydrogens is 200 g/mol. The molecule has 0 aliphatic carbocycles. The smallest absolute Gasteiger partial charge is 0.155 e. The summed E-state index contributed by atoms with van der Waals surface area (Å²) in [7, 11) is 0. The first-order valence-electron chi connectivity index (χ1n) is 4.11. The fraction of sp³-hybridized carbons (Fsp3) is 0.111. The number of nitrogen functional groups attached to an aromatic ring is 1. The molecule has 0 fully saturated rings. The third-order valence-electron chi connectivity index (χ3n) is 1.83. The van der Waals surface area contributed by atoms with Crippen molar-refractivity contribution < 1.29 is 0 Å². The molecule has 0 aromatic carbocycles. The Labute approximate surface area is 86.3 Å². The predicted molar refractivity (Wildman–Crippen MR) is 55.5 cm³/mol. The highest BCUT2D eigenvalue weighted by atomic mass is 35.5. The zero-order chi connectivity index (χ0) is 10.1. The number of anilines is 1. The summed E-state index contributed by atoms with van der Waals surface area (Å²) in [5.74, 6) is 1.15. The number of aromatic nitrogens is 3. The van der Waals surface area contributed by atoms with Gasteiger partial charge in [-0.25, -0.2) is 9.67 Å². The summed E-state index contributed by atoms with van der Waals surface area (Å²) < 4.78 is 1.65. The van der Waals surface area contributed by atoms with Crippen molar-refractivity contribution in [3.05, 3.63) is 35.1 Å². The maximum Gasteiger partial charge on any atom is 0.155 e. The minimum absolute atomic E-state index is 0.476. The van der Waals surface area contributed by atoms with Gasteiger partial charge in [-0.2, -0.15) is 0 Å². The van der Waals surface area contributed by atoms with Crippen LogP contribution in [0.2, 0.25) is 5.02 Å². The van der Waals surface area contributed by atoms with Crippen LogP contribution in [0.4, 0.5) is 5.82 Å². The molecule has 2 aromatic heterocycles. The minimum atomic E-state index is 0.476. The summed E-state index contributed by atoms with van der Waals surface area (Å²) in [6.07, 6.45) is 1.63. The first-order valence-corrected chi connectivity index (χ1v) is 4.48. The van der Waals surface area contributed by atoms with Crippen LogP contribution in [-0.4, -0.2) is 14.8 Å². The van der Waals surface area contributed by atoms with Gasteiger partial charge in [0, 0.05) is 29.0 Å². The topological polar surface area (TPSA) is 56.7 Å².